The Hall–Kier alpha value is -3.54. The molecule has 0 aliphatic carbocycles. The third kappa shape index (κ3) is 3.03. The van der Waals surface area contributed by atoms with Crippen LogP contribution >= 0.6 is 12.2 Å². The van der Waals surface area contributed by atoms with Crippen LogP contribution in [0.2, 0.25) is 0 Å². The number of rotatable bonds is 2. The van der Waals surface area contributed by atoms with Gasteiger partial charge in [0, 0.05) is 11.8 Å². The van der Waals surface area contributed by atoms with Crippen LogP contribution in [0.15, 0.2) is 46.4 Å². The lowest BCUT2D eigenvalue weighted by molar-refractivity contribution is -0.274. The minimum atomic E-state index is -4.87. The van der Waals surface area contributed by atoms with E-state index in [1.165, 1.54) is 16.8 Å². The first-order valence-corrected chi connectivity index (χ1v) is 8.07. The average molecular weight is 406 g/mol. The maximum absolute atomic E-state index is 12.9. The maximum Gasteiger partial charge on any atom is 0.573 e. The molecule has 0 radical (unpaired) electrons. The van der Waals surface area contributed by atoms with Crippen LogP contribution in [0.3, 0.4) is 0 Å². The van der Waals surface area contributed by atoms with Gasteiger partial charge in [0.25, 0.3) is 5.56 Å². The van der Waals surface area contributed by atoms with E-state index in [1.54, 1.807) is 12.1 Å². The summed E-state index contributed by atoms with van der Waals surface area (Å²) in [5.41, 5.74) is 8.01. The largest absolute Gasteiger partial charge is 0.573 e. The molecule has 0 saturated carbocycles. The van der Waals surface area contributed by atoms with Crippen LogP contribution < -0.4 is 21.5 Å². The fourth-order valence-corrected chi connectivity index (χ4v) is 2.89. The summed E-state index contributed by atoms with van der Waals surface area (Å²) in [7, 11) is 0. The number of aromatic nitrogens is 3. The molecule has 3 aromatic rings. The molecule has 0 saturated heterocycles. The van der Waals surface area contributed by atoms with Crippen molar-refractivity contribution < 1.29 is 17.9 Å². The van der Waals surface area contributed by atoms with Crippen LogP contribution in [0.4, 0.5) is 13.2 Å². The smallest absolute Gasteiger partial charge is 0.406 e. The number of halogens is 3. The van der Waals surface area contributed by atoms with E-state index in [0.717, 1.165) is 12.1 Å². The molecule has 0 fully saturated rings. The van der Waals surface area contributed by atoms with Gasteiger partial charge in [0.05, 0.1) is 11.1 Å². The number of hydrazone groups is 1. The van der Waals surface area contributed by atoms with E-state index in [4.69, 9.17) is 18.0 Å². The van der Waals surface area contributed by atoms with E-state index >= 15 is 0 Å². The zero-order valence-electron chi connectivity index (χ0n) is 13.7. The average Bonchev–Trinajstić information content (AvgIpc) is 2.91. The number of hydrogen-bond acceptors (Lipinski definition) is 6. The second kappa shape index (κ2) is 6.27. The molecule has 142 valence electrons. The highest BCUT2D eigenvalue weighted by Crippen LogP contribution is 2.32. The molecule has 3 heterocycles. The van der Waals surface area contributed by atoms with Crippen molar-refractivity contribution in [2.24, 2.45) is 10.8 Å². The van der Waals surface area contributed by atoms with Crippen LogP contribution in [-0.4, -0.2) is 31.7 Å². The Labute approximate surface area is 159 Å². The number of fused-ring (bicyclic) bond motifs is 4. The predicted molar refractivity (Wildman–Crippen MR) is 97.4 cm³/mol. The van der Waals surface area contributed by atoms with Gasteiger partial charge in [-0.2, -0.15) is 5.10 Å². The topological polar surface area (TPSA) is 107 Å². The van der Waals surface area contributed by atoms with Gasteiger partial charge < -0.3 is 10.5 Å². The lowest BCUT2D eigenvalue weighted by atomic mass is 10.1. The minimum Gasteiger partial charge on any atom is -0.406 e. The number of benzene rings is 1. The number of hydrogen-bond donors (Lipinski definition) is 2. The fourth-order valence-electron chi connectivity index (χ4n) is 2.84. The number of pyridine rings is 1. The third-order valence-corrected chi connectivity index (χ3v) is 3.92. The molecule has 1 aliphatic heterocycles. The van der Waals surface area contributed by atoms with Gasteiger partial charge in [-0.25, -0.2) is 9.97 Å². The molecule has 1 aliphatic rings. The third-order valence-electron chi connectivity index (χ3n) is 3.83. The summed E-state index contributed by atoms with van der Waals surface area (Å²) >= 11 is 4.71. The molecule has 12 heteroatoms. The second-order valence-corrected chi connectivity index (χ2v) is 6.05. The van der Waals surface area contributed by atoms with E-state index in [1.807, 2.05) is 0 Å². The van der Waals surface area contributed by atoms with Gasteiger partial charge in [-0.05, 0) is 42.5 Å². The highest BCUT2D eigenvalue weighted by atomic mass is 32.1. The van der Waals surface area contributed by atoms with Gasteiger partial charge in [-0.3, -0.25) is 14.8 Å². The Balaban J connectivity index is 1.98. The van der Waals surface area contributed by atoms with Gasteiger partial charge in [0.2, 0.25) is 0 Å². The van der Waals surface area contributed by atoms with Gasteiger partial charge in [0.1, 0.15) is 11.5 Å². The van der Waals surface area contributed by atoms with Crippen molar-refractivity contribution in [3.8, 4) is 11.4 Å². The van der Waals surface area contributed by atoms with Crippen molar-refractivity contribution in [2.75, 3.05) is 0 Å². The normalized spacial score (nSPS) is 14.0. The summed E-state index contributed by atoms with van der Waals surface area (Å²) in [6.45, 7) is 0. The van der Waals surface area contributed by atoms with Crippen molar-refractivity contribution in [2.45, 2.75) is 6.36 Å². The minimum absolute atomic E-state index is 0.0695. The molecule has 4 rings (SSSR count). The fraction of sp³-hybridized carbons (Fsp3) is 0.0625. The molecule has 1 aromatic carbocycles. The molecule has 0 bridgehead atoms. The first kappa shape index (κ1) is 17.9. The summed E-state index contributed by atoms with van der Waals surface area (Å²) in [5, 5.41) is 4.08. The van der Waals surface area contributed by atoms with Crippen molar-refractivity contribution >= 4 is 34.1 Å². The van der Waals surface area contributed by atoms with Crippen LogP contribution in [0.5, 0.6) is 5.75 Å². The van der Waals surface area contributed by atoms with Crippen LogP contribution in [0.1, 0.15) is 11.4 Å². The number of thiocarbonyl (C=S) groups is 1. The van der Waals surface area contributed by atoms with Crippen molar-refractivity contribution in [1.82, 2.24) is 20.0 Å². The zero-order valence-corrected chi connectivity index (χ0v) is 14.5. The van der Waals surface area contributed by atoms with E-state index in [9.17, 15) is 18.0 Å². The van der Waals surface area contributed by atoms with E-state index in [2.05, 4.69) is 25.2 Å². The highest BCUT2D eigenvalue weighted by molar-refractivity contribution is 7.80. The maximum atomic E-state index is 12.9. The SMILES string of the molecule is NC(=S)NN=C1c2cc(OC(F)(F)F)ccc2-n2c1nc1ncccc1c2=O. The van der Waals surface area contributed by atoms with Gasteiger partial charge in [-0.15, -0.1) is 13.2 Å². The zero-order chi connectivity index (χ0) is 20.1. The molecule has 28 heavy (non-hydrogen) atoms. The summed E-state index contributed by atoms with van der Waals surface area (Å²) in [6.07, 6.45) is -3.41. The summed E-state index contributed by atoms with van der Waals surface area (Å²) < 4.78 is 43.0. The molecule has 8 nitrogen and oxygen atoms in total. The van der Waals surface area contributed by atoms with Crippen LogP contribution in [0.25, 0.3) is 16.7 Å². The lowest BCUT2D eigenvalue weighted by Crippen LogP contribution is -2.27. The summed E-state index contributed by atoms with van der Waals surface area (Å²) in [6, 6.07) is 6.65. The van der Waals surface area contributed by atoms with Gasteiger partial charge >= 0.3 is 6.36 Å². The lowest BCUT2D eigenvalue weighted by Gasteiger charge is -2.10. The Kier molecular flexibility index (Phi) is 4.00. The molecule has 0 amide bonds. The van der Waals surface area contributed by atoms with Gasteiger partial charge in [0.15, 0.2) is 16.6 Å². The Bertz CT molecular complexity index is 1220. The Morgan fingerprint density at radius 1 is 1.32 bits per heavy atom. The molecule has 0 unspecified atom stereocenters. The first-order chi connectivity index (χ1) is 13.2. The molecular formula is C16H9F3N6O2S. The van der Waals surface area contributed by atoms with Crippen molar-refractivity contribution in [1.29, 1.82) is 0 Å². The number of alkyl halides is 3. The van der Waals surface area contributed by atoms with E-state index < -0.39 is 17.7 Å². The van der Waals surface area contributed by atoms with Crippen molar-refractivity contribution in [3.05, 3.63) is 58.3 Å². The van der Waals surface area contributed by atoms with E-state index in [0.29, 0.717) is 0 Å². The first-order valence-electron chi connectivity index (χ1n) is 7.66. The standard InChI is InChI=1S/C16H9F3N6O2S/c17-16(18,19)27-7-3-4-10-9(6-7)11(23-24-15(20)28)13-22-12-8(2-1-5-21-12)14(26)25(10)13/h1-6H,(H3,20,24,28). The molecule has 0 atom stereocenters. The monoisotopic (exact) mass is 406 g/mol. The van der Waals surface area contributed by atoms with Gasteiger partial charge in [-0.1, -0.05) is 0 Å². The Morgan fingerprint density at radius 2 is 2.11 bits per heavy atom. The molecule has 0 spiro atoms. The van der Waals surface area contributed by atoms with E-state index in [-0.39, 0.29) is 38.9 Å². The highest BCUT2D eigenvalue weighted by Gasteiger charge is 2.34. The second-order valence-electron chi connectivity index (χ2n) is 5.61. The Morgan fingerprint density at radius 3 is 2.82 bits per heavy atom. The number of nitrogens with one attached hydrogen (secondary N) is 1. The van der Waals surface area contributed by atoms with Crippen LogP contribution in [0, 0.1) is 0 Å². The quantitative estimate of drug-likeness (QED) is 0.384. The van der Waals surface area contributed by atoms with Crippen LogP contribution in [-0.2, 0) is 0 Å². The van der Waals surface area contributed by atoms with Crippen molar-refractivity contribution in [3.63, 3.8) is 0 Å². The summed E-state index contributed by atoms with van der Waals surface area (Å²) in [5.74, 6) is -0.392. The number of nitrogens with two attached hydrogens (primary N) is 1. The molecular weight excluding hydrogens is 397 g/mol. The number of ether oxygens (including phenoxy) is 1. The molecule has 2 aromatic heterocycles. The number of nitrogens with zero attached hydrogens (tertiary/aromatic N) is 4. The predicted octanol–water partition coefficient (Wildman–Crippen LogP) is 1.58. The summed E-state index contributed by atoms with van der Waals surface area (Å²) in [4.78, 5) is 21.3. The molecule has 3 N–H and O–H groups in total.